The molecule has 120 valence electrons. The molecule has 0 bridgehead atoms. The van der Waals surface area contributed by atoms with Crippen LogP contribution in [0.3, 0.4) is 0 Å². The molecule has 2 heterocycles. The average molecular weight is 322 g/mol. The van der Waals surface area contributed by atoms with Crippen LogP contribution in [0.4, 0.5) is 0 Å². The summed E-state index contributed by atoms with van der Waals surface area (Å²) in [5.74, 6) is -0.951. The number of thiocarbonyl (C=S) groups is 1. The lowest BCUT2D eigenvalue weighted by molar-refractivity contribution is 0.0688. The molecule has 1 aliphatic carbocycles. The van der Waals surface area contributed by atoms with Crippen LogP contribution in [-0.2, 0) is 20.0 Å². The van der Waals surface area contributed by atoms with E-state index in [4.69, 9.17) is 12.2 Å². The molecule has 1 aromatic rings. The van der Waals surface area contributed by atoms with Gasteiger partial charge in [0.2, 0.25) is 0 Å². The Kier molecular flexibility index (Phi) is 4.33. The molecule has 1 aromatic heterocycles. The number of carboxylic acids is 1. The lowest BCUT2D eigenvalue weighted by atomic mass is 9.96. The Morgan fingerprint density at radius 2 is 2.09 bits per heavy atom. The van der Waals surface area contributed by atoms with Gasteiger partial charge in [-0.05, 0) is 31.5 Å². The number of hydrogen-bond acceptors (Lipinski definition) is 3. The number of nitrogens with one attached hydrogen (secondary N) is 1. The van der Waals surface area contributed by atoms with Crippen molar-refractivity contribution in [3.63, 3.8) is 0 Å². The smallest absolute Gasteiger partial charge is 0.356 e. The number of aromatic nitrogens is 2. The summed E-state index contributed by atoms with van der Waals surface area (Å²) in [6, 6.07) is 0.490. The van der Waals surface area contributed by atoms with Gasteiger partial charge in [-0.2, -0.15) is 5.10 Å². The number of nitrogens with zero attached hydrogens (tertiary/aromatic N) is 3. The maximum absolute atomic E-state index is 11.2. The van der Waals surface area contributed by atoms with Crippen molar-refractivity contribution < 1.29 is 9.90 Å². The summed E-state index contributed by atoms with van der Waals surface area (Å²) in [5, 5.41) is 17.6. The number of aromatic carboxylic acids is 1. The molecule has 22 heavy (non-hydrogen) atoms. The second kappa shape index (κ2) is 6.24. The summed E-state index contributed by atoms with van der Waals surface area (Å²) < 4.78 is 1.67. The van der Waals surface area contributed by atoms with Gasteiger partial charge in [-0.25, -0.2) is 4.79 Å². The lowest BCUT2D eigenvalue weighted by Crippen LogP contribution is -2.47. The van der Waals surface area contributed by atoms with E-state index in [2.05, 4.69) is 15.3 Å². The molecule has 1 saturated carbocycles. The van der Waals surface area contributed by atoms with Gasteiger partial charge in [0.25, 0.3) is 0 Å². The number of carbonyl (C=O) groups is 1. The number of rotatable bonds is 2. The highest BCUT2D eigenvalue weighted by Crippen LogP contribution is 2.23. The van der Waals surface area contributed by atoms with Crippen LogP contribution in [0.2, 0.25) is 0 Å². The van der Waals surface area contributed by atoms with Crippen molar-refractivity contribution in [3.8, 4) is 0 Å². The van der Waals surface area contributed by atoms with Crippen LogP contribution in [-0.4, -0.2) is 43.5 Å². The summed E-state index contributed by atoms with van der Waals surface area (Å²) in [4.78, 5) is 13.4. The topological polar surface area (TPSA) is 70.4 Å². The SMILES string of the molecule is Cn1nc(C(=O)O)c2c1CN(C(=S)NC1CCCCC1)CC2. The van der Waals surface area contributed by atoms with Crippen LogP contribution in [0.15, 0.2) is 0 Å². The van der Waals surface area contributed by atoms with Gasteiger partial charge in [0.05, 0.1) is 12.2 Å². The highest BCUT2D eigenvalue weighted by atomic mass is 32.1. The molecule has 1 aliphatic heterocycles. The summed E-state index contributed by atoms with van der Waals surface area (Å²) >= 11 is 5.55. The summed E-state index contributed by atoms with van der Waals surface area (Å²) in [7, 11) is 1.80. The van der Waals surface area contributed by atoms with Gasteiger partial charge < -0.3 is 15.3 Å². The third-order valence-electron chi connectivity index (χ3n) is 4.67. The Bertz CT molecular complexity index is 593. The van der Waals surface area contributed by atoms with Crippen molar-refractivity contribution in [1.29, 1.82) is 0 Å². The fourth-order valence-electron chi connectivity index (χ4n) is 3.43. The molecule has 7 heteroatoms. The minimum atomic E-state index is -0.951. The molecular formula is C15H22N4O2S. The number of aryl methyl sites for hydroxylation is 1. The van der Waals surface area contributed by atoms with E-state index < -0.39 is 5.97 Å². The number of fused-ring (bicyclic) bond motifs is 1. The number of hydrogen-bond donors (Lipinski definition) is 2. The maximum Gasteiger partial charge on any atom is 0.356 e. The predicted molar refractivity (Wildman–Crippen MR) is 86.9 cm³/mol. The molecule has 0 amide bonds. The molecule has 2 N–H and O–H groups in total. The monoisotopic (exact) mass is 322 g/mol. The van der Waals surface area contributed by atoms with Crippen LogP contribution < -0.4 is 5.32 Å². The Hall–Kier alpha value is -1.63. The second-order valence-corrected chi connectivity index (χ2v) is 6.55. The quantitative estimate of drug-likeness (QED) is 0.808. The van der Waals surface area contributed by atoms with Gasteiger partial charge in [-0.3, -0.25) is 4.68 Å². The second-order valence-electron chi connectivity index (χ2n) is 6.16. The fraction of sp³-hybridized carbons (Fsp3) is 0.667. The van der Waals surface area contributed by atoms with Crippen molar-refractivity contribution in [3.05, 3.63) is 17.0 Å². The molecule has 0 saturated heterocycles. The first kappa shape index (κ1) is 15.3. The van der Waals surface area contributed by atoms with Crippen molar-refractivity contribution in [2.75, 3.05) is 6.54 Å². The predicted octanol–water partition coefficient (Wildman–Crippen LogP) is 1.68. The van der Waals surface area contributed by atoms with E-state index in [1.807, 2.05) is 0 Å². The summed E-state index contributed by atoms with van der Waals surface area (Å²) in [5.41, 5.74) is 1.99. The van der Waals surface area contributed by atoms with Crippen LogP contribution in [0.1, 0.15) is 53.8 Å². The molecule has 0 atom stereocenters. The zero-order valence-corrected chi connectivity index (χ0v) is 13.7. The van der Waals surface area contributed by atoms with Crippen molar-refractivity contribution in [2.45, 2.75) is 51.1 Å². The third-order valence-corrected chi connectivity index (χ3v) is 5.05. The van der Waals surface area contributed by atoms with Crippen LogP contribution in [0, 0.1) is 0 Å². The first-order valence-corrected chi connectivity index (χ1v) is 8.30. The minimum absolute atomic E-state index is 0.184. The van der Waals surface area contributed by atoms with Crippen LogP contribution in [0.5, 0.6) is 0 Å². The standard InChI is InChI=1S/C15H22N4O2S/c1-18-12-9-19(8-7-11(12)13(17-18)14(20)21)15(22)16-10-5-3-2-4-6-10/h10H,2-9H2,1H3,(H,16,22)(H,20,21). The molecule has 1 fully saturated rings. The van der Waals surface area contributed by atoms with Crippen molar-refractivity contribution >= 4 is 23.3 Å². The van der Waals surface area contributed by atoms with Gasteiger partial charge in [-0.15, -0.1) is 0 Å². The normalized spacial score (nSPS) is 18.9. The first-order valence-electron chi connectivity index (χ1n) is 7.89. The van der Waals surface area contributed by atoms with E-state index in [1.165, 1.54) is 32.1 Å². The van der Waals surface area contributed by atoms with E-state index in [0.717, 1.165) is 22.9 Å². The average Bonchev–Trinajstić information content (AvgIpc) is 2.85. The van der Waals surface area contributed by atoms with E-state index in [1.54, 1.807) is 11.7 Å². The molecule has 0 radical (unpaired) electrons. The van der Waals surface area contributed by atoms with Crippen LogP contribution >= 0.6 is 12.2 Å². The molecule has 0 spiro atoms. The van der Waals surface area contributed by atoms with Crippen molar-refractivity contribution in [2.24, 2.45) is 7.05 Å². The van der Waals surface area contributed by atoms with Gasteiger partial charge in [0, 0.05) is 25.2 Å². The molecule has 0 unspecified atom stereocenters. The van der Waals surface area contributed by atoms with Gasteiger partial charge in [0.1, 0.15) is 0 Å². The van der Waals surface area contributed by atoms with Gasteiger partial charge in [-0.1, -0.05) is 19.3 Å². The molecule has 6 nitrogen and oxygen atoms in total. The van der Waals surface area contributed by atoms with Gasteiger partial charge in [0.15, 0.2) is 10.8 Å². The van der Waals surface area contributed by atoms with E-state index in [0.29, 0.717) is 19.0 Å². The molecular weight excluding hydrogens is 300 g/mol. The zero-order chi connectivity index (χ0) is 15.7. The summed E-state index contributed by atoms with van der Waals surface area (Å²) in [6.45, 7) is 1.38. The van der Waals surface area contributed by atoms with Crippen LogP contribution in [0.25, 0.3) is 0 Å². The van der Waals surface area contributed by atoms with E-state index in [9.17, 15) is 9.90 Å². The third kappa shape index (κ3) is 2.95. The van der Waals surface area contributed by atoms with E-state index in [-0.39, 0.29) is 5.69 Å². The highest BCUT2D eigenvalue weighted by Gasteiger charge is 2.28. The van der Waals surface area contributed by atoms with Gasteiger partial charge >= 0.3 is 5.97 Å². The fourth-order valence-corrected chi connectivity index (χ4v) is 3.75. The Balaban J connectivity index is 1.68. The minimum Gasteiger partial charge on any atom is -0.476 e. The summed E-state index contributed by atoms with van der Waals surface area (Å²) in [6.07, 6.45) is 6.92. The largest absolute Gasteiger partial charge is 0.476 e. The number of carboxylic acid groups (broad SMARTS) is 1. The zero-order valence-electron chi connectivity index (χ0n) is 12.8. The molecule has 3 rings (SSSR count). The first-order chi connectivity index (χ1) is 10.6. The van der Waals surface area contributed by atoms with E-state index >= 15 is 0 Å². The Labute approximate surface area is 135 Å². The Morgan fingerprint density at radius 3 is 2.77 bits per heavy atom. The van der Waals surface area contributed by atoms with Crippen molar-refractivity contribution in [1.82, 2.24) is 20.0 Å². The molecule has 0 aromatic carbocycles. The molecule has 2 aliphatic rings. The maximum atomic E-state index is 11.2. The Morgan fingerprint density at radius 1 is 1.36 bits per heavy atom. The lowest BCUT2D eigenvalue weighted by Gasteiger charge is -2.33. The highest BCUT2D eigenvalue weighted by molar-refractivity contribution is 7.80.